The third kappa shape index (κ3) is 14.4. The van der Waals surface area contributed by atoms with Crippen LogP contribution in [0.4, 0.5) is 0 Å². The van der Waals surface area contributed by atoms with Gasteiger partial charge >= 0.3 is 17.9 Å². The van der Waals surface area contributed by atoms with Gasteiger partial charge in [0, 0.05) is 86.7 Å². The van der Waals surface area contributed by atoms with Crippen LogP contribution >= 0.6 is 34.8 Å². The number of nitrogens with zero attached hydrogens (tertiary/aromatic N) is 6. The monoisotopic (exact) mass is 1070 g/mol. The number of halogens is 3. The molecule has 3 unspecified atom stereocenters. The van der Waals surface area contributed by atoms with Crippen LogP contribution in [-0.4, -0.2) is 62.6 Å². The Kier molecular flexibility index (Phi) is 18.9. The van der Waals surface area contributed by atoms with Crippen molar-refractivity contribution < 1.29 is 43.9 Å². The summed E-state index contributed by atoms with van der Waals surface area (Å²) >= 11 is 18.4. The number of hydrogen-bond acceptors (Lipinski definition) is 9. The quantitative estimate of drug-likeness (QED) is 0.0737. The van der Waals surface area contributed by atoms with Crippen LogP contribution in [0.25, 0.3) is 33.8 Å². The minimum atomic E-state index is -1.12. The molecule has 6 aromatic carbocycles. The summed E-state index contributed by atoms with van der Waals surface area (Å²) in [5, 5.41) is 43.7. The molecule has 0 saturated carbocycles. The van der Waals surface area contributed by atoms with Gasteiger partial charge in [-0.25, -0.2) is 14.4 Å². The molecule has 0 fully saturated rings. The van der Waals surface area contributed by atoms with E-state index in [0.717, 1.165) is 19.6 Å². The summed E-state index contributed by atoms with van der Waals surface area (Å²) in [6.45, 7) is 8.17. The lowest BCUT2D eigenvalue weighted by Gasteiger charge is -2.17. The number of rotatable bonds is 18. The second kappa shape index (κ2) is 26.0. The van der Waals surface area contributed by atoms with E-state index in [1.54, 1.807) is 141 Å². The van der Waals surface area contributed by atoms with Gasteiger partial charge in [-0.1, -0.05) is 126 Å². The number of aliphatic carboxylic acids is 3. The highest BCUT2D eigenvalue weighted by Crippen LogP contribution is 2.38. The Balaban J connectivity index is 0.000000164. The maximum atomic E-state index is 11.7. The molecule has 3 aromatic heterocycles. The largest absolute Gasteiger partial charge is 0.478 e. The molecule has 9 rings (SSSR count). The Morgan fingerprint density at radius 3 is 0.880 bits per heavy atom. The normalized spacial score (nSPS) is 11.9. The second-order valence-corrected chi connectivity index (χ2v) is 17.6. The van der Waals surface area contributed by atoms with E-state index in [0.29, 0.717) is 82.8 Å². The van der Waals surface area contributed by atoms with Crippen LogP contribution in [-0.2, 0) is 34.0 Å². The first-order chi connectivity index (χ1) is 36.2. The first-order valence-electron chi connectivity index (χ1n) is 23.6. The fourth-order valence-electron chi connectivity index (χ4n) is 7.51. The zero-order valence-electron chi connectivity index (χ0n) is 40.8. The van der Waals surface area contributed by atoms with Crippen molar-refractivity contribution in [3.63, 3.8) is 0 Å². The summed E-state index contributed by atoms with van der Waals surface area (Å²) in [6.07, 6.45) is 2.21. The van der Waals surface area contributed by atoms with Crippen molar-refractivity contribution in [3.8, 4) is 51.0 Å². The van der Waals surface area contributed by atoms with Crippen LogP contribution in [0.5, 0.6) is 17.2 Å². The second-order valence-electron chi connectivity index (χ2n) is 16.3. The SMILES string of the molecule is CCn1ccc(-c2cc(Cl)ccc2OC(C(=O)O)c2ccccc2)n1.CCn1ccc(-c2cc(Cl)ccc2OC(C(=O)O)c2ccccc2)n1.CCn1ccc(-c2cc(Cl)ccc2OC(C(=O)O)c2ccccc2)n1. The topological polar surface area (TPSA) is 193 Å². The molecule has 9 aromatic rings. The van der Waals surface area contributed by atoms with Gasteiger partial charge in [0.2, 0.25) is 18.3 Å². The average Bonchev–Trinajstić information content (AvgIpc) is 4.23. The lowest BCUT2D eigenvalue weighted by atomic mass is 10.1. The first kappa shape index (κ1) is 54.4. The van der Waals surface area contributed by atoms with Crippen LogP contribution in [0.15, 0.2) is 182 Å². The molecule has 0 saturated heterocycles. The molecule has 0 amide bonds. The molecule has 18 heteroatoms. The van der Waals surface area contributed by atoms with Gasteiger partial charge in [-0.15, -0.1) is 0 Å². The van der Waals surface area contributed by atoms with E-state index in [1.807, 2.05) is 75.8 Å². The van der Waals surface area contributed by atoms with Gasteiger partial charge in [0.1, 0.15) is 17.2 Å². The lowest BCUT2D eigenvalue weighted by Crippen LogP contribution is -2.18. The van der Waals surface area contributed by atoms with E-state index in [9.17, 15) is 29.7 Å². The molecule has 384 valence electrons. The van der Waals surface area contributed by atoms with Gasteiger partial charge in [-0.05, 0) is 93.6 Å². The molecule has 3 heterocycles. The Morgan fingerprint density at radius 1 is 0.413 bits per heavy atom. The summed E-state index contributed by atoms with van der Waals surface area (Å²) in [4.78, 5) is 35.1. The highest BCUT2D eigenvalue weighted by atomic mass is 35.5. The molecule has 0 aliphatic carbocycles. The Bertz CT molecular complexity index is 2980. The Morgan fingerprint density at radius 2 is 0.667 bits per heavy atom. The zero-order chi connectivity index (χ0) is 53.4. The number of carboxylic acid groups (broad SMARTS) is 3. The lowest BCUT2D eigenvalue weighted by molar-refractivity contribution is -0.146. The van der Waals surface area contributed by atoms with E-state index in [1.165, 1.54) is 0 Å². The number of carbonyl (C=O) groups is 3. The summed E-state index contributed by atoms with van der Waals surface area (Å²) < 4.78 is 22.9. The first-order valence-corrected chi connectivity index (χ1v) is 24.7. The highest BCUT2D eigenvalue weighted by Gasteiger charge is 2.27. The van der Waals surface area contributed by atoms with Gasteiger partial charge in [0.15, 0.2) is 0 Å². The molecular weight excluding hydrogens is 1020 g/mol. The minimum Gasteiger partial charge on any atom is -0.478 e. The molecular formula is C57H51Cl3N6O9. The molecule has 3 N–H and O–H groups in total. The fraction of sp³-hybridized carbons (Fsp3) is 0.158. The summed E-state index contributed by atoms with van der Waals surface area (Å²) in [5.74, 6) is -1.94. The Labute approximate surface area is 447 Å². The molecule has 0 radical (unpaired) electrons. The number of carboxylic acids is 3. The van der Waals surface area contributed by atoms with Gasteiger partial charge in [-0.2, -0.15) is 15.3 Å². The number of benzene rings is 6. The van der Waals surface area contributed by atoms with Gasteiger partial charge in [-0.3, -0.25) is 14.0 Å². The number of aromatic nitrogens is 6. The third-order valence-electron chi connectivity index (χ3n) is 11.3. The van der Waals surface area contributed by atoms with Crippen LogP contribution in [0.3, 0.4) is 0 Å². The van der Waals surface area contributed by atoms with Crippen molar-refractivity contribution in [3.05, 3.63) is 214 Å². The van der Waals surface area contributed by atoms with Gasteiger partial charge in [0.25, 0.3) is 0 Å². The predicted octanol–water partition coefficient (Wildman–Crippen LogP) is 13.3. The van der Waals surface area contributed by atoms with Crippen LogP contribution in [0.1, 0.15) is 55.8 Å². The smallest absolute Gasteiger partial charge is 0.349 e. The van der Waals surface area contributed by atoms with Crippen molar-refractivity contribution >= 4 is 52.7 Å². The van der Waals surface area contributed by atoms with E-state index >= 15 is 0 Å². The van der Waals surface area contributed by atoms with Crippen molar-refractivity contribution in [1.29, 1.82) is 0 Å². The van der Waals surface area contributed by atoms with Crippen molar-refractivity contribution in [2.75, 3.05) is 0 Å². The summed E-state index contributed by atoms with van der Waals surface area (Å²) in [5.41, 5.74) is 5.69. The maximum Gasteiger partial charge on any atom is 0.349 e. The summed E-state index contributed by atoms with van der Waals surface area (Å²) in [7, 11) is 0. The van der Waals surface area contributed by atoms with Gasteiger partial charge < -0.3 is 29.5 Å². The van der Waals surface area contributed by atoms with Crippen LogP contribution in [0.2, 0.25) is 15.1 Å². The molecule has 0 spiro atoms. The van der Waals surface area contributed by atoms with Gasteiger partial charge in [0.05, 0.1) is 17.1 Å². The van der Waals surface area contributed by atoms with Crippen molar-refractivity contribution in [2.24, 2.45) is 0 Å². The average molecular weight is 1070 g/mol. The van der Waals surface area contributed by atoms with E-state index in [4.69, 9.17) is 49.0 Å². The maximum absolute atomic E-state index is 11.7. The van der Waals surface area contributed by atoms with E-state index in [-0.39, 0.29) is 0 Å². The number of hydrogen-bond donors (Lipinski definition) is 3. The molecule has 0 aliphatic heterocycles. The summed E-state index contributed by atoms with van der Waals surface area (Å²) in [6, 6.07) is 47.2. The van der Waals surface area contributed by atoms with Crippen molar-refractivity contribution in [2.45, 2.75) is 58.7 Å². The third-order valence-corrected chi connectivity index (χ3v) is 12.0. The Hall–Kier alpha value is -8.37. The van der Waals surface area contributed by atoms with Crippen LogP contribution < -0.4 is 14.2 Å². The molecule has 15 nitrogen and oxygen atoms in total. The molecule has 75 heavy (non-hydrogen) atoms. The zero-order valence-corrected chi connectivity index (χ0v) is 43.0. The van der Waals surface area contributed by atoms with Crippen molar-refractivity contribution in [1.82, 2.24) is 29.3 Å². The standard InChI is InChI=1S/3C19H17ClN2O3/c3*1-2-22-11-10-16(21-22)15-12-14(20)8-9-17(15)25-18(19(23)24)13-6-4-3-5-7-13/h3*3-12,18H,2H2,1H3,(H,23,24). The fourth-order valence-corrected chi connectivity index (χ4v) is 8.02. The van der Waals surface area contributed by atoms with Crippen LogP contribution in [0, 0.1) is 0 Å². The van der Waals surface area contributed by atoms with E-state index in [2.05, 4.69) is 15.3 Å². The highest BCUT2D eigenvalue weighted by molar-refractivity contribution is 6.31. The minimum absolute atomic E-state index is 0.419. The molecule has 0 bridgehead atoms. The predicted molar refractivity (Wildman–Crippen MR) is 287 cm³/mol. The molecule has 0 aliphatic rings. The number of aryl methyl sites for hydroxylation is 3. The van der Waals surface area contributed by atoms with E-state index < -0.39 is 36.2 Å². The number of ether oxygens (including phenoxy) is 3. The molecule has 3 atom stereocenters.